The second-order valence-electron chi connectivity index (χ2n) is 5.92. The molecule has 8 nitrogen and oxygen atoms in total. The maximum Gasteiger partial charge on any atom is 0.410 e. The number of aromatic nitrogens is 2. The van der Waals surface area contributed by atoms with Crippen LogP contribution in [0.1, 0.15) is 34.6 Å². The van der Waals surface area contributed by atoms with Crippen LogP contribution in [-0.4, -0.2) is 47.3 Å². The summed E-state index contributed by atoms with van der Waals surface area (Å²) in [6.45, 7) is 2.91. The van der Waals surface area contributed by atoms with Crippen LogP contribution in [0.25, 0.3) is 0 Å². The molecule has 3 rings (SSSR count). The molecule has 26 heavy (non-hydrogen) atoms. The molecule has 1 aromatic heterocycles. The van der Waals surface area contributed by atoms with Gasteiger partial charge >= 0.3 is 6.09 Å². The molecule has 2 aromatic rings. The number of carbonyl (C=O) groups is 2. The number of amides is 2. The summed E-state index contributed by atoms with van der Waals surface area (Å²) >= 11 is 0. The van der Waals surface area contributed by atoms with Crippen molar-refractivity contribution in [1.82, 2.24) is 20.4 Å². The Balaban J connectivity index is 1.72. The number of halogens is 1. The number of fused-ring (bicyclic) bond motifs is 1. The van der Waals surface area contributed by atoms with Crippen molar-refractivity contribution < 1.29 is 18.7 Å². The van der Waals surface area contributed by atoms with Gasteiger partial charge in [0.2, 0.25) is 0 Å². The summed E-state index contributed by atoms with van der Waals surface area (Å²) in [4.78, 5) is 26.0. The van der Waals surface area contributed by atoms with Gasteiger partial charge in [-0.05, 0) is 26.1 Å². The highest BCUT2D eigenvalue weighted by Gasteiger charge is 2.36. The van der Waals surface area contributed by atoms with Crippen LogP contribution in [0.5, 0.6) is 0 Å². The van der Waals surface area contributed by atoms with Crippen molar-refractivity contribution in [1.29, 1.82) is 0 Å². The van der Waals surface area contributed by atoms with Crippen LogP contribution in [0, 0.1) is 5.82 Å². The van der Waals surface area contributed by atoms with Crippen LogP contribution >= 0.6 is 0 Å². The van der Waals surface area contributed by atoms with E-state index in [1.807, 2.05) is 6.92 Å². The van der Waals surface area contributed by atoms with Gasteiger partial charge in [-0.15, -0.1) is 0 Å². The molecule has 3 N–H and O–H groups in total. The third-order valence-electron chi connectivity index (χ3n) is 4.28. The topological polar surface area (TPSA) is 99.3 Å². The van der Waals surface area contributed by atoms with E-state index in [4.69, 9.17) is 4.74 Å². The molecule has 0 aliphatic carbocycles. The van der Waals surface area contributed by atoms with E-state index >= 15 is 0 Å². The van der Waals surface area contributed by atoms with Crippen molar-refractivity contribution in [3.05, 3.63) is 46.9 Å². The number of nitrogens with one attached hydrogen (secondary N) is 3. The largest absolute Gasteiger partial charge is 0.448 e. The summed E-state index contributed by atoms with van der Waals surface area (Å²) in [5, 5.41) is 12.4. The molecule has 1 aliphatic rings. The van der Waals surface area contributed by atoms with E-state index in [1.165, 1.54) is 23.1 Å². The van der Waals surface area contributed by atoms with Gasteiger partial charge in [0.05, 0.1) is 23.8 Å². The van der Waals surface area contributed by atoms with E-state index < -0.39 is 17.8 Å². The molecule has 0 fully saturated rings. The van der Waals surface area contributed by atoms with Gasteiger partial charge in [0, 0.05) is 12.1 Å². The van der Waals surface area contributed by atoms with Crippen molar-refractivity contribution in [3.63, 3.8) is 0 Å². The SMILES string of the molecule is CNCCOC(=O)N1Cc2c(NC(=O)c3ccccc3F)n[nH]c2C1C. The van der Waals surface area contributed by atoms with E-state index in [9.17, 15) is 14.0 Å². The molecule has 138 valence electrons. The van der Waals surface area contributed by atoms with Crippen LogP contribution in [0.15, 0.2) is 24.3 Å². The lowest BCUT2D eigenvalue weighted by Crippen LogP contribution is -2.31. The molecule has 0 saturated heterocycles. The van der Waals surface area contributed by atoms with Crippen molar-refractivity contribution in [2.24, 2.45) is 0 Å². The number of hydrogen-bond donors (Lipinski definition) is 3. The van der Waals surface area contributed by atoms with Crippen LogP contribution in [0.4, 0.5) is 15.0 Å². The van der Waals surface area contributed by atoms with E-state index in [-0.39, 0.29) is 30.6 Å². The highest BCUT2D eigenvalue weighted by Crippen LogP contribution is 2.36. The molecule has 1 atom stereocenters. The third-order valence-corrected chi connectivity index (χ3v) is 4.28. The lowest BCUT2D eigenvalue weighted by atomic mass is 10.2. The van der Waals surface area contributed by atoms with Crippen LogP contribution < -0.4 is 10.6 Å². The first kappa shape index (κ1) is 17.9. The lowest BCUT2D eigenvalue weighted by molar-refractivity contribution is 0.0922. The zero-order valence-electron chi connectivity index (χ0n) is 14.5. The summed E-state index contributed by atoms with van der Waals surface area (Å²) in [5.74, 6) is -0.925. The standard InChI is InChI=1S/C17H20FN5O3/c1-10-14-12(9-23(10)17(25)26-8-7-19-2)15(22-21-14)20-16(24)11-5-3-4-6-13(11)18/h3-6,10,19H,7-9H2,1-2H3,(H2,20,21,22,24). The highest BCUT2D eigenvalue weighted by atomic mass is 19.1. The van der Waals surface area contributed by atoms with Crippen molar-refractivity contribution >= 4 is 17.8 Å². The maximum atomic E-state index is 13.8. The molecule has 2 amide bonds. The molecular formula is C17H20FN5O3. The summed E-state index contributed by atoms with van der Waals surface area (Å²) in [6, 6.07) is 5.44. The molecule has 0 radical (unpaired) electrons. The van der Waals surface area contributed by atoms with Crippen LogP contribution in [0.2, 0.25) is 0 Å². The van der Waals surface area contributed by atoms with E-state index in [2.05, 4.69) is 20.8 Å². The number of hydrogen-bond acceptors (Lipinski definition) is 5. The van der Waals surface area contributed by atoms with Crippen LogP contribution in [0.3, 0.4) is 0 Å². The van der Waals surface area contributed by atoms with E-state index in [1.54, 1.807) is 13.1 Å². The van der Waals surface area contributed by atoms with Gasteiger partial charge in [-0.2, -0.15) is 5.10 Å². The Morgan fingerprint density at radius 1 is 1.42 bits per heavy atom. The van der Waals surface area contributed by atoms with Gasteiger partial charge in [-0.25, -0.2) is 9.18 Å². The molecule has 0 bridgehead atoms. The molecule has 1 aromatic carbocycles. The number of aromatic amines is 1. The van der Waals surface area contributed by atoms with Crippen molar-refractivity contribution in [2.45, 2.75) is 19.5 Å². The maximum absolute atomic E-state index is 13.8. The first-order chi connectivity index (χ1) is 12.5. The number of likely N-dealkylation sites (N-methyl/N-ethyl adjacent to an activating group) is 1. The predicted molar refractivity (Wildman–Crippen MR) is 92.2 cm³/mol. The minimum Gasteiger partial charge on any atom is -0.448 e. The Morgan fingerprint density at radius 3 is 2.92 bits per heavy atom. The van der Waals surface area contributed by atoms with Gasteiger partial charge in [0.25, 0.3) is 5.91 Å². The fourth-order valence-electron chi connectivity index (χ4n) is 2.82. The van der Waals surface area contributed by atoms with Crippen molar-refractivity contribution in [2.75, 3.05) is 25.5 Å². The molecule has 0 saturated carbocycles. The molecule has 1 unspecified atom stereocenters. The van der Waals surface area contributed by atoms with E-state index in [0.29, 0.717) is 12.1 Å². The minimum absolute atomic E-state index is 0.0707. The quantitative estimate of drug-likeness (QED) is 0.708. The fraction of sp³-hybridized carbons (Fsp3) is 0.353. The summed E-state index contributed by atoms with van der Waals surface area (Å²) in [6.07, 6.45) is -0.441. The molecule has 0 spiro atoms. The zero-order chi connectivity index (χ0) is 18.7. The first-order valence-corrected chi connectivity index (χ1v) is 8.24. The average molecular weight is 361 g/mol. The van der Waals surface area contributed by atoms with Gasteiger partial charge in [-0.1, -0.05) is 12.1 Å². The number of nitrogens with zero attached hydrogens (tertiary/aromatic N) is 2. The van der Waals surface area contributed by atoms with Crippen molar-refractivity contribution in [3.8, 4) is 0 Å². The number of anilines is 1. The monoisotopic (exact) mass is 361 g/mol. The number of H-pyrrole nitrogens is 1. The summed E-state index contributed by atoms with van der Waals surface area (Å²) < 4.78 is 19.0. The summed E-state index contributed by atoms with van der Waals surface area (Å²) in [5.41, 5.74) is 1.34. The third kappa shape index (κ3) is 3.38. The van der Waals surface area contributed by atoms with Gasteiger partial charge in [0.15, 0.2) is 5.82 Å². The number of carbonyl (C=O) groups excluding carboxylic acids is 2. The Kier molecular flexibility index (Phi) is 5.17. The number of benzene rings is 1. The number of rotatable bonds is 5. The second-order valence-corrected chi connectivity index (χ2v) is 5.92. The first-order valence-electron chi connectivity index (χ1n) is 8.24. The lowest BCUT2D eigenvalue weighted by Gasteiger charge is -2.21. The Hall–Kier alpha value is -2.94. The van der Waals surface area contributed by atoms with Crippen LogP contribution in [-0.2, 0) is 11.3 Å². The molecular weight excluding hydrogens is 341 g/mol. The molecule has 1 aliphatic heterocycles. The predicted octanol–water partition coefficient (Wildman–Crippen LogP) is 2.03. The second kappa shape index (κ2) is 7.52. The summed E-state index contributed by atoms with van der Waals surface area (Å²) in [7, 11) is 1.77. The fourth-order valence-corrected chi connectivity index (χ4v) is 2.82. The molecule has 2 heterocycles. The Bertz CT molecular complexity index is 822. The average Bonchev–Trinajstić information content (AvgIpc) is 3.16. The van der Waals surface area contributed by atoms with Gasteiger partial charge < -0.3 is 15.4 Å². The number of ether oxygens (including phenoxy) is 1. The van der Waals surface area contributed by atoms with Gasteiger partial charge in [0.1, 0.15) is 12.4 Å². The minimum atomic E-state index is -0.611. The molecule has 9 heteroatoms. The Labute approximate surface area is 149 Å². The van der Waals surface area contributed by atoms with E-state index in [0.717, 1.165) is 5.69 Å². The highest BCUT2D eigenvalue weighted by molar-refractivity contribution is 6.04. The normalized spacial score (nSPS) is 15.7. The van der Waals surface area contributed by atoms with Gasteiger partial charge in [-0.3, -0.25) is 14.8 Å². The smallest absolute Gasteiger partial charge is 0.410 e. The zero-order valence-corrected chi connectivity index (χ0v) is 14.5. The Morgan fingerprint density at radius 2 is 2.19 bits per heavy atom.